The van der Waals surface area contributed by atoms with Crippen LogP contribution < -0.4 is 5.32 Å². The van der Waals surface area contributed by atoms with Crippen LogP contribution in [0.15, 0.2) is 0 Å². The van der Waals surface area contributed by atoms with Crippen LogP contribution in [0.3, 0.4) is 0 Å². The average Bonchev–Trinajstić information content (AvgIpc) is 2.23. The van der Waals surface area contributed by atoms with E-state index in [1.807, 2.05) is 0 Å². The topological polar surface area (TPSA) is 35.6 Å². The molecule has 0 aliphatic carbocycles. The van der Waals surface area contributed by atoms with Crippen molar-refractivity contribution in [2.75, 3.05) is 53.9 Å². The van der Waals surface area contributed by atoms with Gasteiger partial charge in [0.15, 0.2) is 0 Å². The number of hydrogen-bond acceptors (Lipinski definition) is 4. The summed E-state index contributed by atoms with van der Waals surface area (Å²) in [5, 5.41) is 3.25. The number of nitrogens with zero attached hydrogens (tertiary/aromatic N) is 2. The molecule has 0 saturated carbocycles. The third kappa shape index (κ3) is 9.46. The third-order valence-electron chi connectivity index (χ3n) is 2.28. The molecule has 0 heterocycles. The Hall–Kier alpha value is 0.238. The summed E-state index contributed by atoms with van der Waals surface area (Å²) in [7, 11) is 6.29. The second-order valence-corrected chi connectivity index (χ2v) is 6.97. The first-order valence-corrected chi connectivity index (χ1v) is 8.45. The summed E-state index contributed by atoms with van der Waals surface area (Å²) in [6.45, 7) is 6.95. The van der Waals surface area contributed by atoms with Crippen LogP contribution >= 0.6 is 0 Å². The van der Waals surface area contributed by atoms with Crippen molar-refractivity contribution in [2.24, 2.45) is 0 Å². The second kappa shape index (κ2) is 10.4. The monoisotopic (exact) mass is 399 g/mol. The standard InChI is InChI=1S/C11H25N3.O.W/c1-5-12-8-6-10-14(4)11-7-9-13(2)3;;/h12H,5,7-11H2,1-4H3;;. The van der Waals surface area contributed by atoms with E-state index in [2.05, 4.69) is 43.2 Å². The Kier molecular flexibility index (Phi) is 10.6. The SMILES string of the molecule is CCNC[C](CN(C)CCCN(C)C)=[W]=[O]. The molecule has 0 aromatic rings. The molecule has 0 atom stereocenters. The fourth-order valence-electron chi connectivity index (χ4n) is 1.41. The Morgan fingerprint density at radius 1 is 1.25 bits per heavy atom. The Balaban J connectivity index is 3.75. The zero-order valence-corrected chi connectivity index (χ0v) is 13.9. The minimum absolute atomic E-state index is 0.836. The Bertz CT molecular complexity index is 227. The predicted molar refractivity (Wildman–Crippen MR) is 64.9 cm³/mol. The van der Waals surface area contributed by atoms with Crippen molar-refractivity contribution in [3.63, 3.8) is 0 Å². The molecule has 0 rings (SSSR count). The van der Waals surface area contributed by atoms with Crippen LogP contribution in [0.2, 0.25) is 0 Å². The molecule has 0 fully saturated rings. The second-order valence-electron chi connectivity index (χ2n) is 4.30. The van der Waals surface area contributed by atoms with Crippen LogP contribution in [0.5, 0.6) is 0 Å². The first-order chi connectivity index (χ1) is 7.60. The van der Waals surface area contributed by atoms with Crippen LogP contribution in [0.4, 0.5) is 0 Å². The van der Waals surface area contributed by atoms with Crippen molar-refractivity contribution in [1.29, 1.82) is 0 Å². The van der Waals surface area contributed by atoms with Gasteiger partial charge in [0, 0.05) is 0 Å². The van der Waals surface area contributed by atoms with Gasteiger partial charge in [0.05, 0.1) is 0 Å². The van der Waals surface area contributed by atoms with Crippen molar-refractivity contribution < 1.29 is 21.5 Å². The Labute approximate surface area is 108 Å². The van der Waals surface area contributed by atoms with Gasteiger partial charge >= 0.3 is 108 Å². The number of rotatable bonds is 9. The molecule has 0 unspecified atom stereocenters. The van der Waals surface area contributed by atoms with Crippen LogP contribution in [0.25, 0.3) is 0 Å². The zero-order chi connectivity index (χ0) is 12.4. The molecule has 1 N–H and O–H groups in total. The van der Waals surface area contributed by atoms with Gasteiger partial charge in [0.25, 0.3) is 0 Å². The summed E-state index contributed by atoms with van der Waals surface area (Å²) in [6.07, 6.45) is 1.17. The van der Waals surface area contributed by atoms with Crippen molar-refractivity contribution >= 4 is 3.90 Å². The van der Waals surface area contributed by atoms with Gasteiger partial charge in [0.2, 0.25) is 0 Å². The number of nitrogens with one attached hydrogen (secondary N) is 1. The van der Waals surface area contributed by atoms with E-state index in [0.717, 1.165) is 32.7 Å². The molecule has 5 heteroatoms. The van der Waals surface area contributed by atoms with Crippen LogP contribution in [0.1, 0.15) is 13.3 Å². The van der Waals surface area contributed by atoms with Gasteiger partial charge in [-0.15, -0.1) is 0 Å². The number of hydrogen-bond donors (Lipinski definition) is 1. The van der Waals surface area contributed by atoms with Crippen LogP contribution in [-0.2, 0) is 21.5 Å². The van der Waals surface area contributed by atoms with Crippen LogP contribution in [-0.4, -0.2) is 67.6 Å². The molecular formula is C11H25N3OW. The van der Waals surface area contributed by atoms with E-state index in [0.29, 0.717) is 0 Å². The summed E-state index contributed by atoms with van der Waals surface area (Å²) >= 11 is -1.45. The fraction of sp³-hybridized carbons (Fsp3) is 0.909. The van der Waals surface area contributed by atoms with E-state index in [1.54, 1.807) is 0 Å². The Morgan fingerprint density at radius 2 is 1.94 bits per heavy atom. The molecule has 0 amide bonds. The van der Waals surface area contributed by atoms with E-state index in [1.165, 1.54) is 10.3 Å². The molecule has 0 spiro atoms. The van der Waals surface area contributed by atoms with E-state index < -0.39 is 18.1 Å². The predicted octanol–water partition coefficient (Wildman–Crippen LogP) is 0.0798. The molecule has 0 saturated heterocycles. The summed E-state index contributed by atoms with van der Waals surface area (Å²) in [5.74, 6) is 0. The van der Waals surface area contributed by atoms with Crippen LogP contribution in [0, 0.1) is 0 Å². The molecule has 0 aromatic carbocycles. The maximum atomic E-state index is 11.1. The van der Waals surface area contributed by atoms with E-state index in [4.69, 9.17) is 0 Å². The fourth-order valence-corrected chi connectivity index (χ4v) is 2.97. The first-order valence-electron chi connectivity index (χ1n) is 5.78. The third-order valence-corrected chi connectivity index (χ3v) is 4.11. The molecular weight excluding hydrogens is 374 g/mol. The molecule has 0 aliphatic heterocycles. The van der Waals surface area contributed by atoms with Crippen molar-refractivity contribution in [1.82, 2.24) is 15.1 Å². The van der Waals surface area contributed by atoms with Gasteiger partial charge in [-0.25, -0.2) is 0 Å². The van der Waals surface area contributed by atoms with E-state index in [-0.39, 0.29) is 0 Å². The summed E-state index contributed by atoms with van der Waals surface area (Å²) in [4.78, 5) is 4.47. The van der Waals surface area contributed by atoms with Gasteiger partial charge in [-0.1, -0.05) is 0 Å². The van der Waals surface area contributed by atoms with Crippen molar-refractivity contribution in [3.05, 3.63) is 0 Å². The average molecular weight is 399 g/mol. The quantitative estimate of drug-likeness (QED) is 0.596. The maximum absolute atomic E-state index is 11.1. The van der Waals surface area contributed by atoms with Gasteiger partial charge in [0.1, 0.15) is 0 Å². The van der Waals surface area contributed by atoms with Gasteiger partial charge in [-0.05, 0) is 0 Å². The summed E-state index contributed by atoms with van der Waals surface area (Å²) in [5.41, 5.74) is 0. The molecule has 0 radical (unpaired) electrons. The molecule has 96 valence electrons. The normalized spacial score (nSPS) is 11.1. The van der Waals surface area contributed by atoms with Gasteiger partial charge < -0.3 is 0 Å². The van der Waals surface area contributed by atoms with Crippen molar-refractivity contribution in [2.45, 2.75) is 13.3 Å². The minimum atomic E-state index is -1.45. The Morgan fingerprint density at radius 3 is 2.44 bits per heavy atom. The van der Waals surface area contributed by atoms with E-state index in [9.17, 15) is 3.40 Å². The molecule has 0 bridgehead atoms. The summed E-state index contributed by atoms with van der Waals surface area (Å²) < 4.78 is 12.3. The molecule has 16 heavy (non-hydrogen) atoms. The summed E-state index contributed by atoms with van der Waals surface area (Å²) in [6, 6.07) is 0. The zero-order valence-electron chi connectivity index (χ0n) is 11.0. The van der Waals surface area contributed by atoms with Gasteiger partial charge in [-0.2, -0.15) is 0 Å². The molecule has 4 nitrogen and oxygen atoms in total. The van der Waals surface area contributed by atoms with E-state index >= 15 is 0 Å². The molecule has 0 aromatic heterocycles. The van der Waals surface area contributed by atoms with Crippen molar-refractivity contribution in [3.8, 4) is 0 Å². The molecule has 0 aliphatic rings. The van der Waals surface area contributed by atoms with Gasteiger partial charge in [-0.3, -0.25) is 0 Å². The first kappa shape index (κ1) is 16.2.